The van der Waals surface area contributed by atoms with Crippen LogP contribution in [0.15, 0.2) is 60.9 Å². The van der Waals surface area contributed by atoms with E-state index in [4.69, 9.17) is 4.74 Å². The molecule has 0 fully saturated rings. The molecule has 0 radical (unpaired) electrons. The number of pyridine rings is 1. The van der Waals surface area contributed by atoms with E-state index in [1.807, 2.05) is 30.3 Å². The number of rotatable bonds is 4. The maximum atomic E-state index is 12.0. The largest absolute Gasteiger partial charge is 0.478 e. The molecule has 120 valence electrons. The molecule has 6 heteroatoms. The Hall–Kier alpha value is -3.41. The highest BCUT2D eigenvalue weighted by Gasteiger charge is 2.13. The summed E-state index contributed by atoms with van der Waals surface area (Å²) in [6.07, 6.45) is 2.40. The predicted octanol–water partition coefficient (Wildman–Crippen LogP) is 3.68. The number of fused-ring (bicyclic) bond motifs is 1. The van der Waals surface area contributed by atoms with E-state index in [0.717, 1.165) is 5.56 Å². The van der Waals surface area contributed by atoms with Crippen molar-refractivity contribution in [2.45, 2.75) is 6.61 Å². The van der Waals surface area contributed by atoms with Crippen LogP contribution < -0.4 is 5.32 Å². The second-order valence-electron chi connectivity index (χ2n) is 5.07. The number of nitrogens with zero attached hydrogens (tertiary/aromatic N) is 1. The number of ether oxygens (including phenoxy) is 1. The molecule has 0 aliphatic rings. The van der Waals surface area contributed by atoms with Gasteiger partial charge in [-0.05, 0) is 23.8 Å². The monoisotopic (exact) mass is 322 g/mol. The molecule has 6 nitrogen and oxygen atoms in total. The highest BCUT2D eigenvalue weighted by Crippen LogP contribution is 2.26. The highest BCUT2D eigenvalue weighted by molar-refractivity contribution is 6.09. The van der Waals surface area contributed by atoms with Gasteiger partial charge < -0.3 is 9.84 Å². The second kappa shape index (κ2) is 6.78. The molecule has 3 aromatic rings. The van der Waals surface area contributed by atoms with Crippen LogP contribution in [0.5, 0.6) is 0 Å². The number of hydrogen-bond donors (Lipinski definition) is 2. The summed E-state index contributed by atoms with van der Waals surface area (Å²) in [5, 5.41) is 12.9. The van der Waals surface area contributed by atoms with E-state index in [1.54, 1.807) is 6.07 Å². The van der Waals surface area contributed by atoms with Crippen molar-refractivity contribution in [2.24, 2.45) is 0 Å². The van der Waals surface area contributed by atoms with Crippen LogP contribution >= 0.6 is 0 Å². The molecular weight excluding hydrogens is 308 g/mol. The van der Waals surface area contributed by atoms with Gasteiger partial charge >= 0.3 is 12.1 Å². The first-order valence-electron chi connectivity index (χ1n) is 7.23. The highest BCUT2D eigenvalue weighted by atomic mass is 16.5. The molecule has 0 atom stereocenters. The first kappa shape index (κ1) is 15.5. The summed E-state index contributed by atoms with van der Waals surface area (Å²) in [6.45, 7) is 0.149. The Kier molecular flexibility index (Phi) is 4.38. The summed E-state index contributed by atoms with van der Waals surface area (Å²) >= 11 is 0. The van der Waals surface area contributed by atoms with Crippen molar-refractivity contribution in [3.63, 3.8) is 0 Å². The number of carboxylic acid groups (broad SMARTS) is 1. The van der Waals surface area contributed by atoms with E-state index >= 15 is 0 Å². The zero-order valence-electron chi connectivity index (χ0n) is 12.6. The molecule has 1 aromatic heterocycles. The number of amides is 1. The first-order valence-corrected chi connectivity index (χ1v) is 7.23. The molecule has 3 rings (SSSR count). The first-order chi connectivity index (χ1) is 11.6. The molecule has 0 bridgehead atoms. The average molecular weight is 322 g/mol. The Morgan fingerprint density at radius 1 is 1.04 bits per heavy atom. The van der Waals surface area contributed by atoms with Crippen LogP contribution in [0.2, 0.25) is 0 Å². The Balaban J connectivity index is 1.79. The van der Waals surface area contributed by atoms with Gasteiger partial charge in [0.25, 0.3) is 0 Å². The van der Waals surface area contributed by atoms with Crippen LogP contribution in [-0.4, -0.2) is 22.2 Å². The minimum atomic E-state index is -1.04. The van der Waals surface area contributed by atoms with Crippen molar-refractivity contribution in [2.75, 3.05) is 5.32 Å². The fourth-order valence-electron chi connectivity index (χ4n) is 2.35. The predicted molar refractivity (Wildman–Crippen MR) is 89.0 cm³/mol. The standard InChI is InChI=1S/C18H14N2O4/c21-17(22)14-6-7-16(15-10-19-9-8-13(14)15)20-18(23)24-11-12-4-2-1-3-5-12/h1-10H,11H2,(H,20,23)(H,21,22). The molecule has 0 aliphatic carbocycles. The number of aromatic carboxylic acids is 1. The van der Waals surface area contributed by atoms with E-state index < -0.39 is 12.1 Å². The van der Waals surface area contributed by atoms with Crippen LogP contribution in [0.25, 0.3) is 10.8 Å². The third kappa shape index (κ3) is 3.33. The van der Waals surface area contributed by atoms with Crippen LogP contribution in [0.1, 0.15) is 15.9 Å². The number of hydrogen-bond acceptors (Lipinski definition) is 4. The van der Waals surface area contributed by atoms with Gasteiger partial charge in [-0.2, -0.15) is 0 Å². The molecule has 2 aromatic carbocycles. The van der Waals surface area contributed by atoms with Crippen LogP contribution in [0.4, 0.5) is 10.5 Å². The second-order valence-corrected chi connectivity index (χ2v) is 5.07. The van der Waals surface area contributed by atoms with Crippen LogP contribution in [-0.2, 0) is 11.3 Å². The number of nitrogens with one attached hydrogen (secondary N) is 1. The molecule has 1 amide bonds. The van der Waals surface area contributed by atoms with Crippen molar-refractivity contribution in [3.8, 4) is 0 Å². The third-order valence-corrected chi connectivity index (χ3v) is 3.50. The molecule has 0 unspecified atom stereocenters. The maximum Gasteiger partial charge on any atom is 0.411 e. The Morgan fingerprint density at radius 2 is 1.83 bits per heavy atom. The van der Waals surface area contributed by atoms with Crippen LogP contribution in [0.3, 0.4) is 0 Å². The van der Waals surface area contributed by atoms with E-state index in [-0.39, 0.29) is 12.2 Å². The van der Waals surface area contributed by atoms with E-state index in [2.05, 4.69) is 10.3 Å². The van der Waals surface area contributed by atoms with Gasteiger partial charge in [0.1, 0.15) is 6.61 Å². The fourth-order valence-corrected chi connectivity index (χ4v) is 2.35. The summed E-state index contributed by atoms with van der Waals surface area (Å²) in [7, 11) is 0. The summed E-state index contributed by atoms with van der Waals surface area (Å²) in [4.78, 5) is 27.2. The Labute approximate surface area is 137 Å². The van der Waals surface area contributed by atoms with E-state index in [0.29, 0.717) is 16.5 Å². The summed E-state index contributed by atoms with van der Waals surface area (Å²) in [6, 6.07) is 13.9. The SMILES string of the molecule is O=C(Nc1ccc(C(=O)O)c2ccncc12)OCc1ccccc1. The van der Waals surface area contributed by atoms with Crippen molar-refractivity contribution < 1.29 is 19.4 Å². The molecule has 0 saturated carbocycles. The number of carboxylic acids is 1. The normalized spacial score (nSPS) is 10.3. The quantitative estimate of drug-likeness (QED) is 0.765. The molecule has 0 saturated heterocycles. The maximum absolute atomic E-state index is 12.0. The molecule has 2 N–H and O–H groups in total. The molecular formula is C18H14N2O4. The molecule has 1 heterocycles. The zero-order chi connectivity index (χ0) is 16.9. The van der Waals surface area contributed by atoms with Crippen molar-refractivity contribution in [1.82, 2.24) is 4.98 Å². The zero-order valence-corrected chi connectivity index (χ0v) is 12.6. The number of aromatic nitrogens is 1. The fraction of sp³-hybridized carbons (Fsp3) is 0.0556. The van der Waals surface area contributed by atoms with Gasteiger partial charge in [0.05, 0.1) is 11.3 Å². The number of carbonyl (C=O) groups excluding carboxylic acids is 1. The van der Waals surface area contributed by atoms with E-state index in [1.165, 1.54) is 24.5 Å². The molecule has 0 spiro atoms. The lowest BCUT2D eigenvalue weighted by molar-refractivity contribution is 0.0699. The van der Waals surface area contributed by atoms with Gasteiger partial charge in [0.2, 0.25) is 0 Å². The van der Waals surface area contributed by atoms with Gasteiger partial charge in [-0.1, -0.05) is 30.3 Å². The van der Waals surface area contributed by atoms with Crippen LogP contribution in [0, 0.1) is 0 Å². The molecule has 24 heavy (non-hydrogen) atoms. The Morgan fingerprint density at radius 3 is 2.58 bits per heavy atom. The van der Waals surface area contributed by atoms with Gasteiger partial charge in [-0.15, -0.1) is 0 Å². The summed E-state index contributed by atoms with van der Waals surface area (Å²) in [5.74, 6) is -1.04. The minimum absolute atomic E-state index is 0.149. The topological polar surface area (TPSA) is 88.5 Å². The smallest absolute Gasteiger partial charge is 0.411 e. The number of benzene rings is 2. The lowest BCUT2D eigenvalue weighted by Crippen LogP contribution is -2.14. The summed E-state index contributed by atoms with van der Waals surface area (Å²) < 4.78 is 5.17. The van der Waals surface area contributed by atoms with Crippen molar-refractivity contribution in [3.05, 3.63) is 72.1 Å². The molecule has 0 aliphatic heterocycles. The third-order valence-electron chi connectivity index (χ3n) is 3.50. The lowest BCUT2D eigenvalue weighted by atomic mass is 10.1. The number of anilines is 1. The summed E-state index contributed by atoms with van der Waals surface area (Å²) in [5.41, 5.74) is 1.47. The van der Waals surface area contributed by atoms with E-state index in [9.17, 15) is 14.7 Å². The van der Waals surface area contributed by atoms with Gasteiger partial charge in [-0.25, -0.2) is 9.59 Å². The van der Waals surface area contributed by atoms with Crippen molar-refractivity contribution >= 4 is 28.5 Å². The van der Waals surface area contributed by atoms with Gasteiger partial charge in [-0.3, -0.25) is 10.3 Å². The van der Waals surface area contributed by atoms with Gasteiger partial charge in [0, 0.05) is 23.2 Å². The average Bonchev–Trinajstić information content (AvgIpc) is 2.61. The van der Waals surface area contributed by atoms with Gasteiger partial charge in [0.15, 0.2) is 0 Å². The Bertz CT molecular complexity index is 894. The van der Waals surface area contributed by atoms with Crippen molar-refractivity contribution in [1.29, 1.82) is 0 Å². The lowest BCUT2D eigenvalue weighted by Gasteiger charge is -2.11. The minimum Gasteiger partial charge on any atom is -0.478 e. The number of carbonyl (C=O) groups is 2.